The van der Waals surface area contributed by atoms with Crippen LogP contribution in [-0.4, -0.2) is 9.55 Å². The van der Waals surface area contributed by atoms with E-state index in [0.717, 1.165) is 51.8 Å². The summed E-state index contributed by atoms with van der Waals surface area (Å²) in [5.74, 6) is 0.651. The Bertz CT molecular complexity index is 1120. The Morgan fingerprint density at radius 1 is 1.14 bits per heavy atom. The van der Waals surface area contributed by atoms with Crippen molar-refractivity contribution in [1.82, 2.24) is 9.55 Å². The number of nitrogens with zero attached hydrogens (tertiary/aromatic N) is 3. The van der Waals surface area contributed by atoms with E-state index in [1.807, 2.05) is 36.4 Å². The molecule has 1 heterocycles. The van der Waals surface area contributed by atoms with Crippen molar-refractivity contribution in [3.05, 3.63) is 91.9 Å². The number of halogens is 1. The summed E-state index contributed by atoms with van der Waals surface area (Å²) in [6.45, 7) is 0.440. The second-order valence-corrected chi connectivity index (χ2v) is 8.10. The second-order valence-electron chi connectivity index (χ2n) is 6.75. The first-order chi connectivity index (χ1) is 13.7. The molecule has 0 atom stereocenters. The van der Waals surface area contributed by atoms with Crippen molar-refractivity contribution < 1.29 is 0 Å². The van der Waals surface area contributed by atoms with E-state index in [-0.39, 0.29) is 5.56 Å². The van der Waals surface area contributed by atoms with Gasteiger partial charge < -0.3 is 0 Å². The van der Waals surface area contributed by atoms with Crippen LogP contribution in [0.15, 0.2) is 58.5 Å². The molecule has 1 aromatic heterocycles. The average molecular weight is 408 g/mol. The molecule has 0 N–H and O–H groups in total. The third kappa shape index (κ3) is 3.84. The molecule has 1 aliphatic carbocycles. The molecule has 4 nitrogen and oxygen atoms in total. The van der Waals surface area contributed by atoms with Gasteiger partial charge in [-0.15, -0.1) is 0 Å². The van der Waals surface area contributed by atoms with Gasteiger partial charge in [-0.3, -0.25) is 9.36 Å². The Labute approximate surface area is 172 Å². The Hall–Kier alpha value is -2.55. The van der Waals surface area contributed by atoms with Gasteiger partial charge in [0.25, 0.3) is 5.56 Å². The van der Waals surface area contributed by atoms with Crippen molar-refractivity contribution in [2.75, 3.05) is 0 Å². The topological polar surface area (TPSA) is 58.7 Å². The summed E-state index contributed by atoms with van der Waals surface area (Å²) in [5.41, 5.74) is 4.43. The number of aryl methyl sites for hydroxylation is 1. The molecule has 0 aliphatic heterocycles. The number of hydrogen-bond donors (Lipinski definition) is 0. The first-order valence-corrected chi connectivity index (χ1v) is 10.5. The van der Waals surface area contributed by atoms with Crippen LogP contribution in [0.4, 0.5) is 0 Å². The molecule has 2 aromatic carbocycles. The molecular weight excluding hydrogens is 390 g/mol. The van der Waals surface area contributed by atoms with Gasteiger partial charge in [0.2, 0.25) is 0 Å². The lowest BCUT2D eigenvalue weighted by molar-refractivity contribution is 0.631. The molecule has 0 unspecified atom stereocenters. The van der Waals surface area contributed by atoms with Crippen molar-refractivity contribution in [3.63, 3.8) is 0 Å². The fourth-order valence-electron chi connectivity index (χ4n) is 3.38. The van der Waals surface area contributed by atoms with Gasteiger partial charge in [-0.2, -0.15) is 5.26 Å². The van der Waals surface area contributed by atoms with Crippen LogP contribution >= 0.6 is 23.4 Å². The van der Waals surface area contributed by atoms with E-state index in [1.165, 1.54) is 11.8 Å². The molecule has 0 amide bonds. The van der Waals surface area contributed by atoms with Crippen LogP contribution < -0.4 is 5.56 Å². The van der Waals surface area contributed by atoms with Gasteiger partial charge >= 0.3 is 0 Å². The zero-order valence-corrected chi connectivity index (χ0v) is 16.8. The summed E-state index contributed by atoms with van der Waals surface area (Å²) in [6.07, 6.45) is 2.64. The van der Waals surface area contributed by atoms with E-state index in [4.69, 9.17) is 21.8 Å². The highest BCUT2D eigenvalue weighted by atomic mass is 35.5. The molecule has 28 heavy (non-hydrogen) atoms. The van der Waals surface area contributed by atoms with Gasteiger partial charge in [-0.1, -0.05) is 53.7 Å². The highest BCUT2D eigenvalue weighted by Gasteiger charge is 2.21. The summed E-state index contributed by atoms with van der Waals surface area (Å²) in [7, 11) is 0. The van der Waals surface area contributed by atoms with E-state index in [1.54, 1.807) is 16.7 Å². The van der Waals surface area contributed by atoms with E-state index in [0.29, 0.717) is 17.9 Å². The lowest BCUT2D eigenvalue weighted by Crippen LogP contribution is -2.27. The van der Waals surface area contributed by atoms with Gasteiger partial charge in [0.1, 0.15) is 0 Å². The molecule has 3 aromatic rings. The Balaban J connectivity index is 1.68. The first kappa shape index (κ1) is 18.8. The molecular formula is C22H18ClN3OS. The van der Waals surface area contributed by atoms with E-state index < -0.39 is 0 Å². The molecule has 0 fully saturated rings. The minimum absolute atomic E-state index is 0.0496. The maximum atomic E-state index is 13.1. The second kappa shape index (κ2) is 8.22. The number of thioether (sulfide) groups is 1. The van der Waals surface area contributed by atoms with Gasteiger partial charge in [0.15, 0.2) is 5.16 Å². The van der Waals surface area contributed by atoms with E-state index in [2.05, 4.69) is 6.07 Å². The summed E-state index contributed by atoms with van der Waals surface area (Å²) in [6, 6.07) is 17.2. The number of rotatable bonds is 5. The zero-order chi connectivity index (χ0) is 19.5. The number of hydrogen-bond acceptors (Lipinski definition) is 4. The van der Waals surface area contributed by atoms with Crippen LogP contribution in [0, 0.1) is 11.3 Å². The summed E-state index contributed by atoms with van der Waals surface area (Å²) in [5, 5.41) is 10.4. The van der Waals surface area contributed by atoms with Crippen molar-refractivity contribution in [1.29, 1.82) is 5.26 Å². The van der Waals surface area contributed by atoms with Crippen molar-refractivity contribution in [2.45, 2.75) is 36.7 Å². The number of nitriles is 1. The maximum Gasteiger partial charge on any atom is 0.257 e. The van der Waals surface area contributed by atoms with Crippen molar-refractivity contribution in [3.8, 4) is 6.07 Å². The summed E-state index contributed by atoms with van der Waals surface area (Å²) >= 11 is 7.82. The van der Waals surface area contributed by atoms with Crippen LogP contribution in [0.2, 0.25) is 5.02 Å². The molecule has 0 spiro atoms. The minimum Gasteiger partial charge on any atom is -0.283 e. The number of benzene rings is 2. The lowest BCUT2D eigenvalue weighted by atomic mass is 10.1. The smallest absolute Gasteiger partial charge is 0.257 e. The molecule has 4 rings (SSSR count). The zero-order valence-electron chi connectivity index (χ0n) is 15.2. The van der Waals surface area contributed by atoms with E-state index in [9.17, 15) is 4.79 Å². The molecule has 0 bridgehead atoms. The minimum atomic E-state index is 0.0496. The highest BCUT2D eigenvalue weighted by molar-refractivity contribution is 7.98. The molecule has 0 saturated carbocycles. The van der Waals surface area contributed by atoms with Gasteiger partial charge in [0, 0.05) is 16.3 Å². The van der Waals surface area contributed by atoms with Gasteiger partial charge in [-0.25, -0.2) is 4.98 Å². The Morgan fingerprint density at radius 2 is 1.93 bits per heavy atom. The van der Waals surface area contributed by atoms with E-state index >= 15 is 0 Å². The SMILES string of the molecule is N#Cc1ccc(Cn2c(SCc3ccccc3Cl)nc3c(c2=O)CCC3)cc1. The Morgan fingerprint density at radius 3 is 2.68 bits per heavy atom. The summed E-state index contributed by atoms with van der Waals surface area (Å²) < 4.78 is 1.76. The van der Waals surface area contributed by atoms with Gasteiger partial charge in [0.05, 0.1) is 23.9 Å². The third-order valence-electron chi connectivity index (χ3n) is 4.89. The molecule has 1 aliphatic rings. The fourth-order valence-corrected chi connectivity index (χ4v) is 4.68. The van der Waals surface area contributed by atoms with Crippen LogP contribution in [0.25, 0.3) is 0 Å². The quantitative estimate of drug-likeness (QED) is 0.458. The predicted molar refractivity (Wildman–Crippen MR) is 112 cm³/mol. The molecule has 0 saturated heterocycles. The maximum absolute atomic E-state index is 13.1. The largest absolute Gasteiger partial charge is 0.283 e. The van der Waals surface area contributed by atoms with Crippen molar-refractivity contribution in [2.24, 2.45) is 0 Å². The van der Waals surface area contributed by atoms with Crippen LogP contribution in [0.3, 0.4) is 0 Å². The fraction of sp³-hybridized carbons (Fsp3) is 0.227. The summed E-state index contributed by atoms with van der Waals surface area (Å²) in [4.78, 5) is 17.9. The Kier molecular flexibility index (Phi) is 5.52. The molecule has 6 heteroatoms. The average Bonchev–Trinajstić information content (AvgIpc) is 3.19. The van der Waals surface area contributed by atoms with Crippen LogP contribution in [0.1, 0.15) is 34.4 Å². The van der Waals surface area contributed by atoms with Gasteiger partial charge in [-0.05, 0) is 48.6 Å². The number of fused-ring (bicyclic) bond motifs is 1. The van der Waals surface area contributed by atoms with Crippen LogP contribution in [-0.2, 0) is 25.1 Å². The predicted octanol–water partition coefficient (Wildman–Crippen LogP) is 4.60. The monoisotopic (exact) mass is 407 g/mol. The lowest BCUT2D eigenvalue weighted by Gasteiger charge is -2.14. The van der Waals surface area contributed by atoms with Crippen molar-refractivity contribution >= 4 is 23.4 Å². The normalized spacial score (nSPS) is 12.6. The number of aromatic nitrogens is 2. The molecule has 140 valence electrons. The van der Waals surface area contributed by atoms with Crippen LogP contribution in [0.5, 0.6) is 0 Å². The third-order valence-corrected chi connectivity index (χ3v) is 6.29. The first-order valence-electron chi connectivity index (χ1n) is 9.13. The highest BCUT2D eigenvalue weighted by Crippen LogP contribution is 2.27. The molecule has 0 radical (unpaired) electrons. The standard InChI is InChI=1S/C22H18ClN3OS/c23-19-6-2-1-4-17(19)14-28-22-25-20-7-3-5-18(20)21(27)26(22)13-16-10-8-15(12-24)9-11-16/h1-2,4,6,8-11H,3,5,7,13-14H2.